The van der Waals surface area contributed by atoms with Gasteiger partial charge in [-0.15, -0.1) is 0 Å². The molecule has 0 fully saturated rings. The molecule has 0 amide bonds. The Balaban J connectivity index is 1.80. The highest BCUT2D eigenvalue weighted by Crippen LogP contribution is 2.04. The van der Waals surface area contributed by atoms with Crippen LogP contribution in [0.2, 0.25) is 13.6 Å². The van der Waals surface area contributed by atoms with Crippen LogP contribution in [0.3, 0.4) is 0 Å². The molecule has 1 N–H and O–H groups in total. The Bertz CT molecular complexity index is 427. The van der Waals surface area contributed by atoms with Crippen LogP contribution >= 0.6 is 0 Å². The van der Waals surface area contributed by atoms with Crippen LogP contribution in [-0.2, 0) is 12.6 Å². The maximum Gasteiger partial charge on any atom is 0.210 e. The first-order chi connectivity index (χ1) is 9.24. The number of benzene rings is 2. The lowest BCUT2D eigenvalue weighted by molar-refractivity contribution is 1.23. The minimum atomic E-state index is 0.501. The van der Waals surface area contributed by atoms with Gasteiger partial charge >= 0.3 is 0 Å². The van der Waals surface area contributed by atoms with Crippen LogP contribution in [0.4, 0.5) is 0 Å². The van der Waals surface area contributed by atoms with E-state index < -0.39 is 0 Å². The van der Waals surface area contributed by atoms with Crippen LogP contribution in [0.25, 0.3) is 0 Å². The molecule has 0 bridgehead atoms. The molecule has 0 unspecified atom stereocenters. The van der Waals surface area contributed by atoms with Gasteiger partial charge in [-0.2, -0.15) is 0 Å². The molecule has 3 heteroatoms. The average molecular weight is 249 g/mol. The molecular formula is C16H21B2N. The van der Waals surface area contributed by atoms with E-state index in [9.17, 15) is 0 Å². The average Bonchev–Trinajstić information content (AvgIpc) is 2.40. The van der Waals surface area contributed by atoms with E-state index in [2.05, 4.69) is 79.4 Å². The molecule has 2 aromatic rings. The Morgan fingerprint density at radius 3 is 1.42 bits per heavy atom. The smallest absolute Gasteiger partial charge is 0.210 e. The third-order valence-electron chi connectivity index (χ3n) is 3.34. The Morgan fingerprint density at radius 2 is 1.05 bits per heavy atom. The van der Waals surface area contributed by atoms with Gasteiger partial charge in [0.1, 0.15) is 0 Å². The van der Waals surface area contributed by atoms with Crippen molar-refractivity contribution in [1.29, 1.82) is 0 Å². The van der Waals surface area contributed by atoms with Gasteiger partial charge in [-0.1, -0.05) is 85.4 Å². The Morgan fingerprint density at radius 1 is 0.684 bits per heavy atom. The van der Waals surface area contributed by atoms with Crippen LogP contribution < -0.4 is 5.14 Å². The fourth-order valence-electron chi connectivity index (χ4n) is 2.54. The number of nitrogens with one attached hydrogen (secondary N) is 1. The van der Waals surface area contributed by atoms with E-state index in [1.807, 2.05) is 0 Å². The molecule has 0 aromatic heterocycles. The zero-order valence-electron chi connectivity index (χ0n) is 11.8. The zero-order chi connectivity index (χ0) is 13.5. The fraction of sp³-hybridized carbons (Fsp3) is 0.250. The van der Waals surface area contributed by atoms with E-state index in [0.29, 0.717) is 13.7 Å². The van der Waals surface area contributed by atoms with Gasteiger partial charge in [0.2, 0.25) is 13.7 Å². The number of hydrogen-bond donors (Lipinski definition) is 1. The topological polar surface area (TPSA) is 12.0 Å². The Kier molecular flexibility index (Phi) is 5.29. The van der Waals surface area contributed by atoms with Crippen LogP contribution in [0, 0.1) is 0 Å². The minimum Gasteiger partial charge on any atom is -0.398 e. The van der Waals surface area contributed by atoms with E-state index in [-0.39, 0.29) is 0 Å². The first kappa shape index (κ1) is 13.9. The predicted molar refractivity (Wildman–Crippen MR) is 86.7 cm³/mol. The van der Waals surface area contributed by atoms with Crippen molar-refractivity contribution in [3.63, 3.8) is 0 Å². The Labute approximate surface area is 117 Å². The first-order valence-electron chi connectivity index (χ1n) is 7.08. The molecule has 0 saturated heterocycles. The van der Waals surface area contributed by atoms with Crippen molar-refractivity contribution < 1.29 is 0 Å². The molecule has 19 heavy (non-hydrogen) atoms. The van der Waals surface area contributed by atoms with Gasteiger partial charge in [-0.05, 0) is 12.6 Å². The molecule has 0 radical (unpaired) electrons. The summed E-state index contributed by atoms with van der Waals surface area (Å²) in [6, 6.07) is 21.3. The molecule has 0 saturated carbocycles. The summed E-state index contributed by atoms with van der Waals surface area (Å²) in [5.74, 6) is 0. The SMILES string of the molecule is CB(Cc1ccccc1)NB(C)Cc1ccccc1. The summed E-state index contributed by atoms with van der Waals surface area (Å²) in [5.41, 5.74) is 2.80. The maximum atomic E-state index is 3.68. The van der Waals surface area contributed by atoms with Crippen molar-refractivity contribution in [2.24, 2.45) is 0 Å². The van der Waals surface area contributed by atoms with Gasteiger partial charge < -0.3 is 5.14 Å². The van der Waals surface area contributed by atoms with E-state index in [0.717, 1.165) is 12.6 Å². The highest BCUT2D eigenvalue weighted by atomic mass is 14.7. The fourth-order valence-corrected chi connectivity index (χ4v) is 2.54. The highest BCUT2D eigenvalue weighted by molar-refractivity contribution is 6.71. The summed E-state index contributed by atoms with van der Waals surface area (Å²) in [4.78, 5) is 0. The summed E-state index contributed by atoms with van der Waals surface area (Å²) in [6.45, 7) is 5.52. The Hall–Kier alpha value is -1.47. The first-order valence-corrected chi connectivity index (χ1v) is 7.08. The molecular weight excluding hydrogens is 228 g/mol. The molecule has 0 aliphatic rings. The second kappa shape index (κ2) is 7.20. The quantitative estimate of drug-likeness (QED) is 0.773. The molecule has 0 aliphatic heterocycles. The van der Waals surface area contributed by atoms with Crippen molar-refractivity contribution >= 4 is 13.7 Å². The lowest BCUT2D eigenvalue weighted by Gasteiger charge is -2.15. The molecule has 2 rings (SSSR count). The lowest BCUT2D eigenvalue weighted by Crippen LogP contribution is -2.44. The standard InChI is InChI=1S/C16H21B2N/c1-17(13-15-9-5-3-6-10-15)19-18(2)14-16-11-7-4-8-12-16/h3-12,19H,13-14H2,1-2H3. The van der Waals surface area contributed by atoms with Gasteiger partial charge in [0.15, 0.2) is 0 Å². The second-order valence-corrected chi connectivity index (χ2v) is 5.35. The molecule has 0 heterocycles. The summed E-state index contributed by atoms with van der Waals surface area (Å²) in [5, 5.41) is 3.68. The van der Waals surface area contributed by atoms with Gasteiger partial charge in [0.25, 0.3) is 0 Å². The van der Waals surface area contributed by atoms with Crippen molar-refractivity contribution in [2.75, 3.05) is 0 Å². The van der Waals surface area contributed by atoms with Crippen LogP contribution in [-0.4, -0.2) is 13.7 Å². The summed E-state index contributed by atoms with van der Waals surface area (Å²) >= 11 is 0. The molecule has 96 valence electrons. The summed E-state index contributed by atoms with van der Waals surface area (Å²) in [6.07, 6.45) is 2.17. The zero-order valence-corrected chi connectivity index (χ0v) is 11.8. The van der Waals surface area contributed by atoms with Gasteiger partial charge in [-0.25, -0.2) is 0 Å². The van der Waals surface area contributed by atoms with Gasteiger partial charge in [0.05, 0.1) is 0 Å². The van der Waals surface area contributed by atoms with Crippen molar-refractivity contribution in [3.8, 4) is 0 Å². The monoisotopic (exact) mass is 249 g/mol. The van der Waals surface area contributed by atoms with Crippen molar-refractivity contribution in [2.45, 2.75) is 26.3 Å². The molecule has 0 spiro atoms. The van der Waals surface area contributed by atoms with E-state index in [1.54, 1.807) is 0 Å². The maximum absolute atomic E-state index is 3.68. The predicted octanol–water partition coefficient (Wildman–Crippen LogP) is 3.38. The van der Waals surface area contributed by atoms with E-state index in [1.165, 1.54) is 11.1 Å². The molecule has 1 nitrogen and oxygen atoms in total. The van der Waals surface area contributed by atoms with Crippen LogP contribution in [0.1, 0.15) is 11.1 Å². The summed E-state index contributed by atoms with van der Waals surface area (Å²) in [7, 11) is 0. The minimum absolute atomic E-state index is 0.501. The highest BCUT2D eigenvalue weighted by Gasteiger charge is 2.14. The molecule has 0 aliphatic carbocycles. The molecule has 0 atom stereocenters. The number of hydrogen-bond acceptors (Lipinski definition) is 1. The van der Waals surface area contributed by atoms with E-state index in [4.69, 9.17) is 0 Å². The van der Waals surface area contributed by atoms with Crippen molar-refractivity contribution in [1.82, 2.24) is 5.14 Å². The third-order valence-corrected chi connectivity index (χ3v) is 3.34. The second-order valence-electron chi connectivity index (χ2n) is 5.35. The lowest BCUT2D eigenvalue weighted by atomic mass is 9.48. The molecule has 2 aromatic carbocycles. The summed E-state index contributed by atoms with van der Waals surface area (Å²) < 4.78 is 0. The van der Waals surface area contributed by atoms with Crippen LogP contribution in [0.15, 0.2) is 60.7 Å². The normalized spacial score (nSPS) is 10.2. The van der Waals surface area contributed by atoms with Gasteiger partial charge in [-0.3, -0.25) is 0 Å². The largest absolute Gasteiger partial charge is 0.398 e. The van der Waals surface area contributed by atoms with Gasteiger partial charge in [0, 0.05) is 0 Å². The van der Waals surface area contributed by atoms with E-state index >= 15 is 0 Å². The van der Waals surface area contributed by atoms with Crippen molar-refractivity contribution in [3.05, 3.63) is 71.8 Å². The third kappa shape index (κ3) is 4.96. The van der Waals surface area contributed by atoms with Crippen LogP contribution in [0.5, 0.6) is 0 Å². The number of rotatable bonds is 6.